The van der Waals surface area contributed by atoms with Gasteiger partial charge in [0.1, 0.15) is 0 Å². The standard InChI is InChI=1S/C18H28N2O/c1-2-19-13-16-8-5-6-11-20(16)14-18-17-9-4-3-7-15(17)10-12-21-18/h3-4,7,9,16,18-19H,2,5-6,8,10-14H2,1H3. The third-order valence-corrected chi connectivity index (χ3v) is 4.87. The first kappa shape index (κ1) is 15.0. The average molecular weight is 288 g/mol. The summed E-state index contributed by atoms with van der Waals surface area (Å²) in [6.45, 7) is 7.50. The summed E-state index contributed by atoms with van der Waals surface area (Å²) in [4.78, 5) is 2.65. The Kier molecular flexibility index (Phi) is 5.28. The van der Waals surface area contributed by atoms with Crippen molar-refractivity contribution in [3.05, 3.63) is 35.4 Å². The fraction of sp³-hybridized carbons (Fsp3) is 0.667. The molecule has 21 heavy (non-hydrogen) atoms. The molecule has 2 atom stereocenters. The van der Waals surface area contributed by atoms with E-state index in [0.29, 0.717) is 6.04 Å². The van der Waals surface area contributed by atoms with Crippen LogP contribution in [0.1, 0.15) is 43.4 Å². The Labute approximate surface area is 128 Å². The number of likely N-dealkylation sites (N-methyl/N-ethyl adjacent to an activating group) is 1. The zero-order valence-corrected chi connectivity index (χ0v) is 13.2. The Morgan fingerprint density at radius 1 is 1.29 bits per heavy atom. The first-order chi connectivity index (χ1) is 10.4. The first-order valence-corrected chi connectivity index (χ1v) is 8.52. The van der Waals surface area contributed by atoms with E-state index in [4.69, 9.17) is 4.74 Å². The second-order valence-corrected chi connectivity index (χ2v) is 6.26. The lowest BCUT2D eigenvalue weighted by molar-refractivity contribution is -0.00111. The third-order valence-electron chi connectivity index (χ3n) is 4.87. The van der Waals surface area contributed by atoms with Crippen molar-refractivity contribution in [1.82, 2.24) is 10.2 Å². The van der Waals surface area contributed by atoms with Crippen LogP contribution >= 0.6 is 0 Å². The van der Waals surface area contributed by atoms with Crippen molar-refractivity contribution in [3.63, 3.8) is 0 Å². The highest BCUT2D eigenvalue weighted by molar-refractivity contribution is 5.31. The number of hydrogen-bond acceptors (Lipinski definition) is 3. The molecule has 0 aliphatic carbocycles. The molecule has 1 fully saturated rings. The normalized spacial score (nSPS) is 26.5. The lowest BCUT2D eigenvalue weighted by atomic mass is 9.95. The molecule has 2 aliphatic heterocycles. The predicted octanol–water partition coefficient (Wildman–Crippen LogP) is 2.76. The highest BCUT2D eigenvalue weighted by atomic mass is 16.5. The summed E-state index contributed by atoms with van der Waals surface area (Å²) in [7, 11) is 0. The summed E-state index contributed by atoms with van der Waals surface area (Å²) in [5.74, 6) is 0. The van der Waals surface area contributed by atoms with Crippen molar-refractivity contribution in [3.8, 4) is 0 Å². The smallest absolute Gasteiger partial charge is 0.0954 e. The van der Waals surface area contributed by atoms with Crippen LogP contribution in [0.3, 0.4) is 0 Å². The molecule has 3 rings (SSSR count). The molecular formula is C18H28N2O. The third kappa shape index (κ3) is 3.65. The van der Waals surface area contributed by atoms with E-state index in [-0.39, 0.29) is 6.10 Å². The van der Waals surface area contributed by atoms with Gasteiger partial charge < -0.3 is 10.1 Å². The minimum absolute atomic E-state index is 0.261. The summed E-state index contributed by atoms with van der Waals surface area (Å²) < 4.78 is 6.10. The number of fused-ring (bicyclic) bond motifs is 1. The van der Waals surface area contributed by atoms with Gasteiger partial charge in [0.25, 0.3) is 0 Å². The molecule has 2 unspecified atom stereocenters. The fourth-order valence-electron chi connectivity index (χ4n) is 3.68. The molecular weight excluding hydrogens is 260 g/mol. The lowest BCUT2D eigenvalue weighted by Gasteiger charge is -2.39. The summed E-state index contributed by atoms with van der Waals surface area (Å²) in [6, 6.07) is 9.49. The monoisotopic (exact) mass is 288 g/mol. The second-order valence-electron chi connectivity index (χ2n) is 6.26. The Morgan fingerprint density at radius 2 is 2.19 bits per heavy atom. The lowest BCUT2D eigenvalue weighted by Crippen LogP contribution is -2.47. The Morgan fingerprint density at radius 3 is 3.10 bits per heavy atom. The molecule has 2 aliphatic rings. The van der Waals surface area contributed by atoms with Crippen LogP contribution in [0.4, 0.5) is 0 Å². The van der Waals surface area contributed by atoms with Crippen LogP contribution in [0, 0.1) is 0 Å². The van der Waals surface area contributed by atoms with Crippen LogP contribution in [0.25, 0.3) is 0 Å². The quantitative estimate of drug-likeness (QED) is 0.901. The molecule has 1 aromatic carbocycles. The van der Waals surface area contributed by atoms with Crippen molar-refractivity contribution >= 4 is 0 Å². The van der Waals surface area contributed by atoms with Gasteiger partial charge in [-0.1, -0.05) is 37.6 Å². The van der Waals surface area contributed by atoms with Crippen LogP contribution in [-0.2, 0) is 11.2 Å². The summed E-state index contributed by atoms with van der Waals surface area (Å²) in [5.41, 5.74) is 2.89. The summed E-state index contributed by atoms with van der Waals surface area (Å²) >= 11 is 0. The number of hydrogen-bond donors (Lipinski definition) is 1. The highest BCUT2D eigenvalue weighted by Gasteiger charge is 2.28. The van der Waals surface area contributed by atoms with Gasteiger partial charge in [-0.25, -0.2) is 0 Å². The minimum atomic E-state index is 0.261. The molecule has 116 valence electrons. The van der Waals surface area contributed by atoms with Crippen molar-refractivity contribution in [2.75, 3.05) is 32.8 Å². The minimum Gasteiger partial charge on any atom is -0.372 e. The van der Waals surface area contributed by atoms with Gasteiger partial charge in [-0.3, -0.25) is 4.90 Å². The van der Waals surface area contributed by atoms with Crippen LogP contribution in [0.2, 0.25) is 0 Å². The van der Waals surface area contributed by atoms with Gasteiger partial charge in [0, 0.05) is 19.1 Å². The van der Waals surface area contributed by atoms with Crippen LogP contribution in [0.15, 0.2) is 24.3 Å². The predicted molar refractivity (Wildman–Crippen MR) is 86.6 cm³/mol. The molecule has 0 bridgehead atoms. The van der Waals surface area contributed by atoms with Gasteiger partial charge in [-0.15, -0.1) is 0 Å². The maximum atomic E-state index is 6.10. The van der Waals surface area contributed by atoms with Gasteiger partial charge in [0.2, 0.25) is 0 Å². The number of likely N-dealkylation sites (tertiary alicyclic amines) is 1. The SMILES string of the molecule is CCNCC1CCCCN1CC1OCCc2ccccc21. The van der Waals surface area contributed by atoms with Crippen molar-refractivity contribution < 1.29 is 4.74 Å². The number of benzene rings is 1. The molecule has 0 radical (unpaired) electrons. The van der Waals surface area contributed by atoms with Gasteiger partial charge in [0.15, 0.2) is 0 Å². The van der Waals surface area contributed by atoms with E-state index in [1.165, 1.54) is 36.9 Å². The summed E-state index contributed by atoms with van der Waals surface area (Å²) in [6.07, 6.45) is 5.35. The summed E-state index contributed by atoms with van der Waals surface area (Å²) in [5, 5.41) is 3.52. The zero-order valence-electron chi connectivity index (χ0n) is 13.2. The number of ether oxygens (including phenoxy) is 1. The molecule has 0 aromatic heterocycles. The van der Waals surface area contributed by atoms with E-state index >= 15 is 0 Å². The highest BCUT2D eigenvalue weighted by Crippen LogP contribution is 2.29. The second kappa shape index (κ2) is 7.39. The number of nitrogens with zero attached hydrogens (tertiary/aromatic N) is 1. The Balaban J connectivity index is 1.67. The molecule has 1 saturated heterocycles. The van der Waals surface area contributed by atoms with E-state index in [1.54, 1.807) is 0 Å². The van der Waals surface area contributed by atoms with E-state index in [2.05, 4.69) is 41.4 Å². The van der Waals surface area contributed by atoms with Gasteiger partial charge in [-0.05, 0) is 43.5 Å². The zero-order chi connectivity index (χ0) is 14.5. The average Bonchev–Trinajstić information content (AvgIpc) is 2.54. The number of nitrogens with one attached hydrogen (secondary N) is 1. The van der Waals surface area contributed by atoms with Gasteiger partial charge in [-0.2, -0.15) is 0 Å². The maximum absolute atomic E-state index is 6.10. The topological polar surface area (TPSA) is 24.5 Å². The molecule has 3 nitrogen and oxygen atoms in total. The maximum Gasteiger partial charge on any atom is 0.0954 e. The number of rotatable bonds is 5. The number of piperidine rings is 1. The van der Waals surface area contributed by atoms with E-state index in [9.17, 15) is 0 Å². The molecule has 1 aromatic rings. The van der Waals surface area contributed by atoms with E-state index in [1.807, 2.05) is 0 Å². The van der Waals surface area contributed by atoms with Crippen LogP contribution < -0.4 is 5.32 Å². The van der Waals surface area contributed by atoms with Crippen LogP contribution in [-0.4, -0.2) is 43.7 Å². The molecule has 0 saturated carbocycles. The van der Waals surface area contributed by atoms with E-state index in [0.717, 1.165) is 32.7 Å². The first-order valence-electron chi connectivity index (χ1n) is 8.52. The van der Waals surface area contributed by atoms with Crippen LogP contribution in [0.5, 0.6) is 0 Å². The Bertz CT molecular complexity index is 449. The molecule has 0 amide bonds. The van der Waals surface area contributed by atoms with Crippen molar-refractivity contribution in [2.45, 2.75) is 44.8 Å². The Hall–Kier alpha value is -0.900. The molecule has 0 spiro atoms. The molecule has 2 heterocycles. The van der Waals surface area contributed by atoms with Crippen molar-refractivity contribution in [1.29, 1.82) is 0 Å². The largest absolute Gasteiger partial charge is 0.372 e. The van der Waals surface area contributed by atoms with Gasteiger partial charge >= 0.3 is 0 Å². The van der Waals surface area contributed by atoms with Gasteiger partial charge in [0.05, 0.1) is 12.7 Å². The molecule has 1 N–H and O–H groups in total. The molecule has 3 heteroatoms. The fourth-order valence-corrected chi connectivity index (χ4v) is 3.68. The van der Waals surface area contributed by atoms with Crippen molar-refractivity contribution in [2.24, 2.45) is 0 Å². The van der Waals surface area contributed by atoms with E-state index < -0.39 is 0 Å².